The van der Waals surface area contributed by atoms with Crippen molar-refractivity contribution in [3.05, 3.63) is 35.9 Å². The third-order valence-electron chi connectivity index (χ3n) is 4.08. The third-order valence-corrected chi connectivity index (χ3v) is 4.08. The third kappa shape index (κ3) is 3.08. The van der Waals surface area contributed by atoms with Gasteiger partial charge in [0.15, 0.2) is 0 Å². The molecule has 1 saturated heterocycles. The molecule has 0 radical (unpaired) electrons. The summed E-state index contributed by atoms with van der Waals surface area (Å²) in [6.45, 7) is 4.74. The van der Waals surface area contributed by atoms with Gasteiger partial charge in [0.2, 0.25) is 0 Å². The lowest BCUT2D eigenvalue weighted by Crippen LogP contribution is -2.46. The molecule has 0 spiro atoms. The van der Waals surface area contributed by atoms with Gasteiger partial charge in [0.05, 0.1) is 6.17 Å². The van der Waals surface area contributed by atoms with Crippen LogP contribution in [0.25, 0.3) is 0 Å². The Labute approximate surface area is 105 Å². The lowest BCUT2D eigenvalue weighted by atomic mass is 9.89. The van der Waals surface area contributed by atoms with Crippen molar-refractivity contribution in [1.29, 1.82) is 0 Å². The van der Waals surface area contributed by atoms with Gasteiger partial charge in [-0.3, -0.25) is 9.80 Å². The number of benzene rings is 1. The Hall–Kier alpha value is -0.860. The van der Waals surface area contributed by atoms with Crippen LogP contribution in [0.15, 0.2) is 30.3 Å². The Morgan fingerprint density at radius 1 is 1.12 bits per heavy atom. The summed E-state index contributed by atoms with van der Waals surface area (Å²) in [5.41, 5.74) is 1.52. The van der Waals surface area contributed by atoms with Gasteiger partial charge in [-0.1, -0.05) is 30.3 Å². The van der Waals surface area contributed by atoms with E-state index in [9.17, 15) is 0 Å². The predicted octanol–water partition coefficient (Wildman–Crippen LogP) is 2.77. The molecule has 1 unspecified atom stereocenters. The maximum absolute atomic E-state index is 2.58. The second-order valence-corrected chi connectivity index (χ2v) is 5.32. The van der Waals surface area contributed by atoms with E-state index >= 15 is 0 Å². The van der Waals surface area contributed by atoms with Crippen LogP contribution < -0.4 is 0 Å². The Bertz CT molecular complexity index is 326. The number of likely N-dealkylation sites (tertiary alicyclic amines) is 1. The molecule has 0 N–H and O–H groups in total. The zero-order chi connectivity index (χ0) is 12.3. The second-order valence-electron chi connectivity index (χ2n) is 5.32. The molecule has 2 rings (SSSR count). The van der Waals surface area contributed by atoms with Gasteiger partial charge >= 0.3 is 0 Å². The first-order valence-electron chi connectivity index (χ1n) is 6.64. The first-order chi connectivity index (χ1) is 8.18. The highest BCUT2D eigenvalue weighted by Crippen LogP contribution is 2.28. The van der Waals surface area contributed by atoms with Crippen molar-refractivity contribution in [2.45, 2.75) is 31.8 Å². The standard InChI is InChI=1S/C15H24N2/c1-13(16(2)3)17-11-9-15(10-12-17)14-7-5-4-6-8-14/h4-8,13,15H,9-12H2,1-3H3. The minimum absolute atomic E-state index is 0.562. The largest absolute Gasteiger partial charge is 0.294 e. The van der Waals surface area contributed by atoms with Crippen LogP contribution in [0.5, 0.6) is 0 Å². The van der Waals surface area contributed by atoms with Crippen LogP contribution >= 0.6 is 0 Å². The molecule has 0 aliphatic carbocycles. The Kier molecular flexibility index (Phi) is 4.19. The van der Waals surface area contributed by atoms with Crippen LogP contribution in [-0.2, 0) is 0 Å². The molecule has 0 amide bonds. The molecule has 17 heavy (non-hydrogen) atoms. The number of piperidine rings is 1. The van der Waals surface area contributed by atoms with Crippen LogP contribution in [0.2, 0.25) is 0 Å². The van der Waals surface area contributed by atoms with E-state index < -0.39 is 0 Å². The summed E-state index contributed by atoms with van der Waals surface area (Å²) < 4.78 is 0. The summed E-state index contributed by atoms with van der Waals surface area (Å²) in [7, 11) is 4.32. The van der Waals surface area contributed by atoms with E-state index in [1.54, 1.807) is 0 Å². The molecule has 2 heteroatoms. The number of rotatable bonds is 3. The zero-order valence-electron chi connectivity index (χ0n) is 11.3. The molecule has 1 aliphatic heterocycles. The first kappa shape index (κ1) is 12.6. The highest BCUT2D eigenvalue weighted by Gasteiger charge is 2.24. The van der Waals surface area contributed by atoms with Crippen molar-refractivity contribution >= 4 is 0 Å². The van der Waals surface area contributed by atoms with Crippen molar-refractivity contribution in [3.8, 4) is 0 Å². The van der Waals surface area contributed by atoms with Gasteiger partial charge in [-0.05, 0) is 45.3 Å². The van der Waals surface area contributed by atoms with Gasteiger partial charge in [0.25, 0.3) is 0 Å². The van der Waals surface area contributed by atoms with E-state index in [-0.39, 0.29) is 0 Å². The molecule has 1 heterocycles. The summed E-state index contributed by atoms with van der Waals surface area (Å²) in [4.78, 5) is 4.88. The first-order valence-corrected chi connectivity index (χ1v) is 6.64. The highest BCUT2D eigenvalue weighted by molar-refractivity contribution is 5.20. The molecule has 94 valence electrons. The summed E-state index contributed by atoms with van der Waals surface area (Å²) in [5.74, 6) is 0.766. The summed E-state index contributed by atoms with van der Waals surface area (Å²) in [5, 5.41) is 0. The van der Waals surface area contributed by atoms with Crippen LogP contribution in [0.4, 0.5) is 0 Å². The fourth-order valence-corrected chi connectivity index (χ4v) is 2.66. The second kappa shape index (κ2) is 5.65. The molecule has 1 aliphatic rings. The summed E-state index contributed by atoms with van der Waals surface area (Å²) in [6, 6.07) is 11.0. The molecule has 0 bridgehead atoms. The monoisotopic (exact) mass is 232 g/mol. The molecule has 0 aromatic heterocycles. The average molecular weight is 232 g/mol. The van der Waals surface area contributed by atoms with Crippen LogP contribution in [0.3, 0.4) is 0 Å². The molecule has 0 saturated carbocycles. The van der Waals surface area contributed by atoms with Gasteiger partial charge in [-0.15, -0.1) is 0 Å². The number of hydrogen-bond donors (Lipinski definition) is 0. The summed E-state index contributed by atoms with van der Waals surface area (Å²) >= 11 is 0. The SMILES string of the molecule is CC(N(C)C)N1CCC(c2ccccc2)CC1. The predicted molar refractivity (Wildman–Crippen MR) is 73.1 cm³/mol. The van der Waals surface area contributed by atoms with Crippen LogP contribution in [0, 0.1) is 0 Å². The van der Waals surface area contributed by atoms with Crippen molar-refractivity contribution in [2.75, 3.05) is 27.2 Å². The smallest absolute Gasteiger partial charge is 0.0588 e. The Morgan fingerprint density at radius 3 is 2.24 bits per heavy atom. The average Bonchev–Trinajstić information content (AvgIpc) is 2.39. The van der Waals surface area contributed by atoms with Gasteiger partial charge in [-0.2, -0.15) is 0 Å². The molecule has 2 nitrogen and oxygen atoms in total. The van der Waals surface area contributed by atoms with E-state index in [2.05, 4.69) is 61.2 Å². The number of nitrogens with zero attached hydrogens (tertiary/aromatic N) is 2. The van der Waals surface area contributed by atoms with E-state index in [1.165, 1.54) is 31.5 Å². The molecular weight excluding hydrogens is 208 g/mol. The molecule has 1 fully saturated rings. The van der Waals surface area contributed by atoms with E-state index in [0.717, 1.165) is 5.92 Å². The van der Waals surface area contributed by atoms with E-state index in [1.807, 2.05) is 0 Å². The highest BCUT2D eigenvalue weighted by atomic mass is 15.3. The lowest BCUT2D eigenvalue weighted by Gasteiger charge is -2.38. The van der Waals surface area contributed by atoms with E-state index in [4.69, 9.17) is 0 Å². The van der Waals surface area contributed by atoms with E-state index in [0.29, 0.717) is 6.17 Å². The van der Waals surface area contributed by atoms with Crippen molar-refractivity contribution in [1.82, 2.24) is 9.80 Å². The van der Waals surface area contributed by atoms with Crippen molar-refractivity contribution < 1.29 is 0 Å². The van der Waals surface area contributed by atoms with Crippen molar-refractivity contribution in [2.24, 2.45) is 0 Å². The van der Waals surface area contributed by atoms with Gasteiger partial charge in [-0.25, -0.2) is 0 Å². The Morgan fingerprint density at radius 2 is 1.71 bits per heavy atom. The van der Waals surface area contributed by atoms with Gasteiger partial charge in [0, 0.05) is 13.1 Å². The molecule has 1 aromatic rings. The van der Waals surface area contributed by atoms with Gasteiger partial charge < -0.3 is 0 Å². The van der Waals surface area contributed by atoms with Crippen LogP contribution in [-0.4, -0.2) is 43.2 Å². The Balaban J connectivity index is 1.90. The molecular formula is C15H24N2. The van der Waals surface area contributed by atoms with Crippen molar-refractivity contribution in [3.63, 3.8) is 0 Å². The fourth-order valence-electron chi connectivity index (χ4n) is 2.66. The maximum Gasteiger partial charge on any atom is 0.0588 e. The minimum Gasteiger partial charge on any atom is -0.294 e. The summed E-state index contributed by atoms with van der Waals surface area (Å²) in [6.07, 6.45) is 3.15. The molecule has 1 aromatic carbocycles. The topological polar surface area (TPSA) is 6.48 Å². The quantitative estimate of drug-likeness (QED) is 0.790. The van der Waals surface area contributed by atoms with Gasteiger partial charge in [0.1, 0.15) is 0 Å². The van der Waals surface area contributed by atoms with Crippen LogP contribution in [0.1, 0.15) is 31.2 Å². The zero-order valence-corrected chi connectivity index (χ0v) is 11.3. The maximum atomic E-state index is 2.58. The molecule has 1 atom stereocenters. The fraction of sp³-hybridized carbons (Fsp3) is 0.600. The minimum atomic E-state index is 0.562. The lowest BCUT2D eigenvalue weighted by molar-refractivity contribution is 0.0696. The normalized spacial score (nSPS) is 20.7. The number of hydrogen-bond acceptors (Lipinski definition) is 2.